The van der Waals surface area contributed by atoms with Crippen LogP contribution in [0.1, 0.15) is 5.56 Å². The molecule has 27 heavy (non-hydrogen) atoms. The Morgan fingerprint density at radius 1 is 0.889 bits per heavy atom. The van der Waals surface area contributed by atoms with Crippen LogP contribution < -0.4 is 4.90 Å². The van der Waals surface area contributed by atoms with Gasteiger partial charge in [0.1, 0.15) is 11.4 Å². The molecule has 0 amide bonds. The monoisotopic (exact) mass is 357 g/mol. The van der Waals surface area contributed by atoms with E-state index in [4.69, 9.17) is 4.42 Å². The molecule has 1 fully saturated rings. The number of piperazine rings is 1. The minimum Gasteiger partial charge on any atom is -0.464 e. The Morgan fingerprint density at radius 3 is 2.63 bits per heavy atom. The van der Waals surface area contributed by atoms with Crippen molar-refractivity contribution in [3.63, 3.8) is 0 Å². The summed E-state index contributed by atoms with van der Waals surface area (Å²) in [5, 5.41) is 3.76. The maximum absolute atomic E-state index is 5.51. The van der Waals surface area contributed by atoms with Gasteiger partial charge in [0.15, 0.2) is 0 Å². The molecule has 0 spiro atoms. The van der Waals surface area contributed by atoms with E-state index in [1.807, 2.05) is 18.3 Å². The summed E-state index contributed by atoms with van der Waals surface area (Å²) in [6.07, 6.45) is 4.68. The molecule has 5 rings (SSSR count). The maximum atomic E-state index is 5.51. The zero-order valence-corrected chi connectivity index (χ0v) is 15.3. The third-order valence-corrected chi connectivity index (χ3v) is 5.56. The topological polar surface area (TPSA) is 32.5 Å². The summed E-state index contributed by atoms with van der Waals surface area (Å²) in [4.78, 5) is 9.53. The summed E-state index contributed by atoms with van der Waals surface area (Å²) in [5.41, 5.74) is 2.33. The molecule has 1 aliphatic heterocycles. The van der Waals surface area contributed by atoms with Gasteiger partial charge in [-0.2, -0.15) is 0 Å². The van der Waals surface area contributed by atoms with E-state index in [1.165, 1.54) is 16.3 Å². The summed E-state index contributed by atoms with van der Waals surface area (Å²) in [6.45, 7) is 5.27. The molecule has 4 nitrogen and oxygen atoms in total. The van der Waals surface area contributed by atoms with E-state index in [2.05, 4.69) is 57.2 Å². The van der Waals surface area contributed by atoms with E-state index in [-0.39, 0.29) is 0 Å². The van der Waals surface area contributed by atoms with Crippen LogP contribution in [0.3, 0.4) is 0 Å². The van der Waals surface area contributed by atoms with Gasteiger partial charge in [-0.1, -0.05) is 42.5 Å². The fourth-order valence-electron chi connectivity index (χ4n) is 4.00. The molecular weight excluding hydrogens is 334 g/mol. The minimum atomic E-state index is 0.915. The average molecular weight is 357 g/mol. The number of rotatable bonds is 4. The number of hydrogen-bond donors (Lipinski definition) is 0. The van der Waals surface area contributed by atoms with Crippen molar-refractivity contribution < 1.29 is 4.42 Å². The zero-order valence-electron chi connectivity index (χ0n) is 15.3. The lowest BCUT2D eigenvalue weighted by Crippen LogP contribution is -2.47. The van der Waals surface area contributed by atoms with Crippen LogP contribution in [0.25, 0.3) is 21.7 Å². The summed E-state index contributed by atoms with van der Waals surface area (Å²) < 4.78 is 5.51. The Labute approximate surface area is 159 Å². The Hall–Kier alpha value is -2.85. The van der Waals surface area contributed by atoms with E-state index in [9.17, 15) is 0 Å². The van der Waals surface area contributed by atoms with Gasteiger partial charge in [0.2, 0.25) is 0 Å². The second-order valence-corrected chi connectivity index (χ2v) is 7.23. The smallest absolute Gasteiger partial charge is 0.139 e. The molecule has 0 atom stereocenters. The molecule has 0 N–H and O–H groups in total. The quantitative estimate of drug-likeness (QED) is 0.544. The highest BCUT2D eigenvalue weighted by Crippen LogP contribution is 2.26. The number of aromatic nitrogens is 1. The van der Waals surface area contributed by atoms with Crippen LogP contribution in [0.2, 0.25) is 0 Å². The van der Waals surface area contributed by atoms with Crippen molar-refractivity contribution in [2.24, 2.45) is 0 Å². The molecule has 2 aromatic heterocycles. The van der Waals surface area contributed by atoms with Crippen molar-refractivity contribution in [2.45, 2.75) is 6.42 Å². The predicted octanol–water partition coefficient (Wildman–Crippen LogP) is 4.35. The van der Waals surface area contributed by atoms with Crippen LogP contribution in [-0.2, 0) is 6.42 Å². The van der Waals surface area contributed by atoms with Crippen molar-refractivity contribution in [1.82, 2.24) is 9.88 Å². The van der Waals surface area contributed by atoms with Crippen molar-refractivity contribution in [1.29, 1.82) is 0 Å². The highest BCUT2D eigenvalue weighted by atomic mass is 16.3. The van der Waals surface area contributed by atoms with E-state index in [0.29, 0.717) is 0 Å². The number of furan rings is 1. The number of anilines is 1. The van der Waals surface area contributed by atoms with Crippen LogP contribution in [0.15, 0.2) is 71.5 Å². The van der Waals surface area contributed by atoms with Crippen LogP contribution in [0.4, 0.5) is 5.82 Å². The van der Waals surface area contributed by atoms with Crippen molar-refractivity contribution >= 4 is 27.6 Å². The van der Waals surface area contributed by atoms with Crippen LogP contribution in [0.5, 0.6) is 0 Å². The molecule has 1 aliphatic rings. The summed E-state index contributed by atoms with van der Waals surface area (Å²) in [5.74, 6) is 1.05. The fourth-order valence-corrected chi connectivity index (χ4v) is 4.00. The second-order valence-electron chi connectivity index (χ2n) is 7.23. The summed E-state index contributed by atoms with van der Waals surface area (Å²) in [6, 6.07) is 19.4. The average Bonchev–Trinajstić information content (AvgIpc) is 3.21. The van der Waals surface area contributed by atoms with E-state index < -0.39 is 0 Å². The van der Waals surface area contributed by atoms with Gasteiger partial charge in [-0.05, 0) is 34.9 Å². The molecule has 3 heterocycles. The van der Waals surface area contributed by atoms with Gasteiger partial charge in [-0.25, -0.2) is 4.98 Å². The molecule has 0 unspecified atom stereocenters. The van der Waals surface area contributed by atoms with Gasteiger partial charge in [0.05, 0.1) is 11.6 Å². The van der Waals surface area contributed by atoms with Crippen LogP contribution >= 0.6 is 0 Å². The second kappa shape index (κ2) is 7.05. The number of fused-ring (bicyclic) bond motifs is 2. The van der Waals surface area contributed by atoms with Gasteiger partial charge in [-0.15, -0.1) is 0 Å². The highest BCUT2D eigenvalue weighted by molar-refractivity contribution is 5.88. The van der Waals surface area contributed by atoms with E-state index >= 15 is 0 Å². The van der Waals surface area contributed by atoms with E-state index in [0.717, 1.165) is 55.9 Å². The molecule has 2 aromatic carbocycles. The molecular formula is C23H23N3O. The first kappa shape index (κ1) is 16.3. The van der Waals surface area contributed by atoms with Gasteiger partial charge in [0, 0.05) is 38.9 Å². The third-order valence-electron chi connectivity index (χ3n) is 5.56. The van der Waals surface area contributed by atoms with Crippen molar-refractivity contribution in [3.8, 4) is 0 Å². The largest absolute Gasteiger partial charge is 0.464 e. The van der Waals surface area contributed by atoms with Gasteiger partial charge in [0.25, 0.3) is 0 Å². The van der Waals surface area contributed by atoms with Gasteiger partial charge in [-0.3, -0.25) is 4.90 Å². The van der Waals surface area contributed by atoms with Crippen LogP contribution in [0, 0.1) is 0 Å². The maximum Gasteiger partial charge on any atom is 0.139 e. The molecule has 4 heteroatoms. The Bertz CT molecular complexity index is 1060. The summed E-state index contributed by atoms with van der Waals surface area (Å²) >= 11 is 0. The summed E-state index contributed by atoms with van der Waals surface area (Å²) in [7, 11) is 0. The van der Waals surface area contributed by atoms with Crippen LogP contribution in [-0.4, -0.2) is 42.6 Å². The normalized spacial score (nSPS) is 15.6. The number of pyridine rings is 1. The molecule has 1 saturated heterocycles. The van der Waals surface area contributed by atoms with Crippen molar-refractivity contribution in [2.75, 3.05) is 37.6 Å². The molecule has 0 saturated carbocycles. The predicted molar refractivity (Wildman–Crippen MR) is 110 cm³/mol. The first-order valence-electron chi connectivity index (χ1n) is 9.64. The third kappa shape index (κ3) is 3.28. The lowest BCUT2D eigenvalue weighted by atomic mass is 10.0. The van der Waals surface area contributed by atoms with E-state index in [1.54, 1.807) is 6.26 Å². The molecule has 0 bridgehead atoms. The van der Waals surface area contributed by atoms with Gasteiger partial charge >= 0.3 is 0 Å². The SMILES string of the molecule is c1ccc2cc(CCN3CCN(c4nccc5occc45)CC3)ccc2c1. The first-order valence-corrected chi connectivity index (χ1v) is 9.64. The standard InChI is InChI=1S/C23H23N3O/c1-2-4-20-17-18(5-6-19(20)3-1)8-11-25-12-14-26(15-13-25)23-21-9-16-27-22(21)7-10-24-23/h1-7,9-10,16-17H,8,11-15H2. The number of benzene rings is 2. The Balaban J connectivity index is 1.21. The highest BCUT2D eigenvalue weighted by Gasteiger charge is 2.20. The Kier molecular flexibility index (Phi) is 4.26. The fraction of sp³-hybridized carbons (Fsp3) is 0.261. The van der Waals surface area contributed by atoms with Crippen molar-refractivity contribution in [3.05, 3.63) is 72.6 Å². The first-order chi connectivity index (χ1) is 13.4. The number of hydrogen-bond acceptors (Lipinski definition) is 4. The molecule has 0 aliphatic carbocycles. The lowest BCUT2D eigenvalue weighted by Gasteiger charge is -2.35. The molecule has 0 radical (unpaired) electrons. The molecule has 4 aromatic rings. The zero-order chi connectivity index (χ0) is 18.1. The lowest BCUT2D eigenvalue weighted by molar-refractivity contribution is 0.260. The van der Waals surface area contributed by atoms with Gasteiger partial charge < -0.3 is 9.32 Å². The minimum absolute atomic E-state index is 0.915. The molecule has 136 valence electrons. The Morgan fingerprint density at radius 2 is 1.74 bits per heavy atom. The number of nitrogens with zero attached hydrogens (tertiary/aromatic N) is 3.